The molecule has 116 valence electrons. The molecule has 1 aliphatic rings. The second kappa shape index (κ2) is 5.62. The number of benzene rings is 3. The van der Waals surface area contributed by atoms with Gasteiger partial charge in [-0.2, -0.15) is 4.74 Å². The molecule has 1 aliphatic heterocycles. The third-order valence-electron chi connectivity index (χ3n) is 4.11. The summed E-state index contributed by atoms with van der Waals surface area (Å²) in [5, 5.41) is 12.9. The fraction of sp³-hybridized carbons (Fsp3) is 0. The monoisotopic (exact) mass is 333 g/mol. The van der Waals surface area contributed by atoms with E-state index in [0.29, 0.717) is 26.6 Å². The zero-order valence-electron chi connectivity index (χ0n) is 12.6. The molecule has 3 nitrogen and oxygen atoms in total. The molecule has 4 rings (SSSR count). The van der Waals surface area contributed by atoms with Crippen molar-refractivity contribution < 1.29 is 9.53 Å². The molecule has 1 heterocycles. The van der Waals surface area contributed by atoms with E-state index in [1.807, 2.05) is 42.5 Å². The Bertz CT molecular complexity index is 976. The number of carbonyl (C=O) groups excluding carboxylic acids is 1. The lowest BCUT2D eigenvalue weighted by Gasteiger charge is -2.04. The van der Waals surface area contributed by atoms with Crippen LogP contribution in [0, 0.1) is 5.21 Å². The molecule has 0 unspecified atom stereocenters. The molecule has 3 aromatic rings. The van der Waals surface area contributed by atoms with Crippen molar-refractivity contribution >= 4 is 28.8 Å². The van der Waals surface area contributed by atoms with E-state index in [0.717, 1.165) is 11.1 Å². The van der Waals surface area contributed by atoms with Gasteiger partial charge < -0.3 is 5.21 Å². The van der Waals surface area contributed by atoms with Gasteiger partial charge in [-0.1, -0.05) is 54.1 Å². The summed E-state index contributed by atoms with van der Waals surface area (Å²) in [4.78, 5) is 12.6. The normalized spacial score (nSPS) is 13.3. The van der Waals surface area contributed by atoms with Gasteiger partial charge in [0.2, 0.25) is 5.69 Å². The van der Waals surface area contributed by atoms with E-state index in [2.05, 4.69) is 0 Å². The Balaban J connectivity index is 1.76. The summed E-state index contributed by atoms with van der Waals surface area (Å²) < 4.78 is 0.668. The molecule has 0 radical (unpaired) electrons. The summed E-state index contributed by atoms with van der Waals surface area (Å²) in [5.41, 5.74) is 3.53. The minimum atomic E-state index is -0.274. The van der Waals surface area contributed by atoms with Crippen molar-refractivity contribution in [3.63, 3.8) is 0 Å². The van der Waals surface area contributed by atoms with E-state index in [4.69, 9.17) is 11.6 Å². The minimum Gasteiger partial charge on any atom is -0.618 e. The number of halogens is 1. The minimum absolute atomic E-state index is 0.131. The van der Waals surface area contributed by atoms with Gasteiger partial charge in [-0.25, -0.2) is 0 Å². The number of ketones is 1. The van der Waals surface area contributed by atoms with Gasteiger partial charge in [-0.05, 0) is 35.4 Å². The first-order valence-corrected chi connectivity index (χ1v) is 7.87. The average Bonchev–Trinajstić information content (AvgIpc) is 2.86. The van der Waals surface area contributed by atoms with E-state index in [1.54, 1.807) is 24.3 Å². The molecule has 0 aliphatic carbocycles. The van der Waals surface area contributed by atoms with Gasteiger partial charge in [0.1, 0.15) is 5.56 Å². The first-order chi connectivity index (χ1) is 11.6. The molecule has 0 amide bonds. The standard InChI is InChI=1S/C20H12ClNO2/c21-16-10-11-17-18(12-16)22(24)19(20(17)23)15-8-6-14(7-9-15)13-4-2-1-3-5-13/h1-12H. The van der Waals surface area contributed by atoms with Crippen molar-refractivity contribution in [3.05, 3.63) is 94.2 Å². The summed E-state index contributed by atoms with van der Waals surface area (Å²) in [5.74, 6) is -0.274. The molecule has 0 aromatic heterocycles. The van der Waals surface area contributed by atoms with Gasteiger partial charge in [0.15, 0.2) is 0 Å². The second-order valence-corrected chi connectivity index (χ2v) is 6.01. The highest BCUT2D eigenvalue weighted by atomic mass is 35.5. The van der Waals surface area contributed by atoms with Crippen LogP contribution in [0.3, 0.4) is 0 Å². The zero-order valence-corrected chi connectivity index (χ0v) is 13.3. The second-order valence-electron chi connectivity index (χ2n) is 5.58. The lowest BCUT2D eigenvalue weighted by molar-refractivity contribution is -0.355. The van der Waals surface area contributed by atoms with Gasteiger partial charge in [-0.3, -0.25) is 4.79 Å². The van der Waals surface area contributed by atoms with Crippen LogP contribution in [0.2, 0.25) is 5.02 Å². The van der Waals surface area contributed by atoms with Crippen molar-refractivity contribution in [3.8, 4) is 11.1 Å². The number of rotatable bonds is 2. The van der Waals surface area contributed by atoms with E-state index in [9.17, 15) is 10.0 Å². The zero-order chi connectivity index (χ0) is 16.7. The van der Waals surface area contributed by atoms with E-state index < -0.39 is 0 Å². The quantitative estimate of drug-likeness (QED) is 0.497. The third kappa shape index (κ3) is 2.30. The van der Waals surface area contributed by atoms with Crippen molar-refractivity contribution in [2.45, 2.75) is 0 Å². The molecule has 0 spiro atoms. The topological polar surface area (TPSA) is 43.1 Å². The van der Waals surface area contributed by atoms with E-state index in [-0.39, 0.29) is 11.5 Å². The lowest BCUT2D eigenvalue weighted by atomic mass is 9.99. The molecule has 0 fully saturated rings. The molecule has 0 bridgehead atoms. The van der Waals surface area contributed by atoms with Crippen molar-refractivity contribution in [1.82, 2.24) is 0 Å². The van der Waals surface area contributed by atoms with Crippen LogP contribution in [0.5, 0.6) is 0 Å². The number of hydrogen-bond acceptors (Lipinski definition) is 2. The van der Waals surface area contributed by atoms with Crippen LogP contribution in [0.25, 0.3) is 11.1 Å². The number of Topliss-reactive ketones (excluding diaryl/α,β-unsaturated/α-hetero) is 1. The van der Waals surface area contributed by atoms with Gasteiger partial charge in [-0.15, -0.1) is 0 Å². The van der Waals surface area contributed by atoms with Crippen LogP contribution in [0.1, 0.15) is 15.9 Å². The summed E-state index contributed by atoms with van der Waals surface area (Å²) >= 11 is 5.93. The first kappa shape index (κ1) is 14.7. The summed E-state index contributed by atoms with van der Waals surface area (Å²) in [6.07, 6.45) is 0. The molecular formula is C20H12ClNO2. The Morgan fingerprint density at radius 1 is 0.792 bits per heavy atom. The number of nitrogens with zero attached hydrogens (tertiary/aromatic N) is 1. The van der Waals surface area contributed by atoms with E-state index >= 15 is 0 Å². The van der Waals surface area contributed by atoms with Crippen LogP contribution < -0.4 is 0 Å². The Morgan fingerprint density at radius 3 is 2.12 bits per heavy atom. The molecule has 3 aromatic carbocycles. The number of carbonyl (C=O) groups is 1. The maximum absolute atomic E-state index is 12.6. The van der Waals surface area contributed by atoms with Crippen molar-refractivity contribution in [2.75, 3.05) is 0 Å². The molecule has 24 heavy (non-hydrogen) atoms. The highest BCUT2D eigenvalue weighted by molar-refractivity contribution is 6.52. The maximum atomic E-state index is 12.6. The Morgan fingerprint density at radius 2 is 1.42 bits per heavy atom. The lowest BCUT2D eigenvalue weighted by Crippen LogP contribution is -2.16. The molecule has 4 heteroatoms. The van der Waals surface area contributed by atoms with Crippen LogP contribution in [0.4, 0.5) is 5.69 Å². The summed E-state index contributed by atoms with van der Waals surface area (Å²) in [7, 11) is 0. The number of hydrogen-bond donors (Lipinski definition) is 0. The highest BCUT2D eigenvalue weighted by Gasteiger charge is 2.36. The molecule has 0 saturated carbocycles. The summed E-state index contributed by atoms with van der Waals surface area (Å²) in [6, 6.07) is 22.1. The maximum Gasteiger partial charge on any atom is 0.272 e. The van der Waals surface area contributed by atoms with Crippen molar-refractivity contribution in [2.24, 2.45) is 0 Å². The molecule has 0 saturated heterocycles. The number of fused-ring (bicyclic) bond motifs is 1. The Kier molecular flexibility index (Phi) is 3.44. The predicted octanol–water partition coefficient (Wildman–Crippen LogP) is 4.83. The van der Waals surface area contributed by atoms with Crippen LogP contribution in [-0.2, 0) is 0 Å². The molecular weight excluding hydrogens is 322 g/mol. The van der Waals surface area contributed by atoms with Crippen molar-refractivity contribution in [1.29, 1.82) is 0 Å². The third-order valence-corrected chi connectivity index (χ3v) is 4.34. The van der Waals surface area contributed by atoms with Gasteiger partial charge in [0.05, 0.1) is 5.56 Å². The van der Waals surface area contributed by atoms with Crippen LogP contribution in [0.15, 0.2) is 72.8 Å². The molecule has 0 N–H and O–H groups in total. The van der Waals surface area contributed by atoms with Gasteiger partial charge >= 0.3 is 0 Å². The first-order valence-electron chi connectivity index (χ1n) is 7.49. The van der Waals surface area contributed by atoms with E-state index in [1.165, 1.54) is 6.07 Å². The smallest absolute Gasteiger partial charge is 0.272 e. The van der Waals surface area contributed by atoms with Gasteiger partial charge in [0, 0.05) is 11.1 Å². The molecule has 0 atom stereocenters. The van der Waals surface area contributed by atoms with Crippen LogP contribution >= 0.6 is 11.6 Å². The van der Waals surface area contributed by atoms with Crippen LogP contribution in [-0.4, -0.2) is 16.2 Å². The average molecular weight is 334 g/mol. The Hall–Kier alpha value is -2.91. The Labute approximate surface area is 144 Å². The predicted molar refractivity (Wildman–Crippen MR) is 95.1 cm³/mol. The fourth-order valence-corrected chi connectivity index (χ4v) is 3.07. The largest absolute Gasteiger partial charge is 0.618 e. The summed E-state index contributed by atoms with van der Waals surface area (Å²) in [6.45, 7) is 0. The fourth-order valence-electron chi connectivity index (χ4n) is 2.90. The highest BCUT2D eigenvalue weighted by Crippen LogP contribution is 2.31. The van der Waals surface area contributed by atoms with Gasteiger partial charge in [0.25, 0.3) is 11.5 Å². The SMILES string of the molecule is O=C1C(c2ccc(-c3ccccc3)cc2)=[N+]([O-])c2cc(Cl)ccc21.